The summed E-state index contributed by atoms with van der Waals surface area (Å²) in [5.74, 6) is 1.99. The minimum Gasteiger partial charge on any atom is -0.490 e. The average Bonchev–Trinajstić information content (AvgIpc) is 3.47. The molecule has 0 spiro atoms. The maximum Gasteiger partial charge on any atom is 0.289 e. The lowest BCUT2D eigenvalue weighted by molar-refractivity contribution is -0.137. The van der Waals surface area contributed by atoms with Crippen LogP contribution >= 0.6 is 0 Å². The van der Waals surface area contributed by atoms with Gasteiger partial charge in [0.15, 0.2) is 17.3 Å². The number of carbonyl (C=O) groups is 2. The molecule has 4 heterocycles. The van der Waals surface area contributed by atoms with Crippen LogP contribution in [0, 0.1) is 5.92 Å². The molecule has 2 amide bonds. The van der Waals surface area contributed by atoms with Gasteiger partial charge in [-0.25, -0.2) is 0 Å². The van der Waals surface area contributed by atoms with Gasteiger partial charge in [0.1, 0.15) is 0 Å². The first-order chi connectivity index (χ1) is 15.2. The molecule has 1 atom stereocenters. The predicted octanol–water partition coefficient (Wildman–Crippen LogP) is 3.66. The number of benzene rings is 1. The summed E-state index contributed by atoms with van der Waals surface area (Å²) in [7, 11) is 0. The molecule has 3 aliphatic rings. The number of likely N-dealkylation sites (tertiary alicyclic amines) is 2. The molecule has 0 radical (unpaired) electrons. The van der Waals surface area contributed by atoms with Gasteiger partial charge >= 0.3 is 0 Å². The van der Waals surface area contributed by atoms with Crippen LogP contribution in [0.5, 0.6) is 11.5 Å². The number of carbonyl (C=O) groups excluding carboxylic acids is 2. The average molecular weight is 424 g/mol. The van der Waals surface area contributed by atoms with E-state index in [-0.39, 0.29) is 23.8 Å². The maximum absolute atomic E-state index is 13.4. The second kappa shape index (κ2) is 8.65. The molecule has 0 N–H and O–H groups in total. The minimum absolute atomic E-state index is 0.0401. The minimum atomic E-state index is -0.0952. The van der Waals surface area contributed by atoms with Crippen LogP contribution < -0.4 is 9.47 Å². The van der Waals surface area contributed by atoms with Crippen molar-refractivity contribution in [1.29, 1.82) is 0 Å². The van der Waals surface area contributed by atoms with Crippen molar-refractivity contribution in [2.45, 2.75) is 38.1 Å². The van der Waals surface area contributed by atoms with Crippen molar-refractivity contribution in [2.75, 3.05) is 32.8 Å². The third kappa shape index (κ3) is 4.01. The quantitative estimate of drug-likeness (QED) is 0.752. The van der Waals surface area contributed by atoms with Crippen molar-refractivity contribution in [3.8, 4) is 11.5 Å². The first-order valence-electron chi connectivity index (χ1n) is 11.2. The molecule has 2 fully saturated rings. The molecule has 5 rings (SSSR count). The van der Waals surface area contributed by atoms with Crippen LogP contribution in [0.2, 0.25) is 0 Å². The number of rotatable bonds is 3. The highest BCUT2D eigenvalue weighted by Gasteiger charge is 2.36. The van der Waals surface area contributed by atoms with Gasteiger partial charge in [0, 0.05) is 32.0 Å². The highest BCUT2D eigenvalue weighted by atomic mass is 16.5. The van der Waals surface area contributed by atoms with Crippen molar-refractivity contribution >= 4 is 11.8 Å². The van der Waals surface area contributed by atoms with E-state index in [1.54, 1.807) is 17.0 Å². The summed E-state index contributed by atoms with van der Waals surface area (Å²) in [5, 5.41) is 0. The monoisotopic (exact) mass is 424 g/mol. The third-order valence-corrected chi connectivity index (χ3v) is 6.56. The topological polar surface area (TPSA) is 72.2 Å². The van der Waals surface area contributed by atoms with Crippen LogP contribution in [-0.4, -0.2) is 54.5 Å². The molecule has 2 aromatic rings. The predicted molar refractivity (Wildman–Crippen MR) is 113 cm³/mol. The second-order valence-corrected chi connectivity index (χ2v) is 8.49. The zero-order valence-electron chi connectivity index (χ0n) is 17.6. The van der Waals surface area contributed by atoms with E-state index in [0.29, 0.717) is 44.9 Å². The van der Waals surface area contributed by atoms with Crippen LogP contribution in [-0.2, 0) is 4.79 Å². The molecule has 0 unspecified atom stereocenters. The van der Waals surface area contributed by atoms with Gasteiger partial charge in [-0.3, -0.25) is 9.59 Å². The van der Waals surface area contributed by atoms with Gasteiger partial charge in [0.25, 0.3) is 5.91 Å². The Morgan fingerprint density at radius 2 is 1.71 bits per heavy atom. The van der Waals surface area contributed by atoms with E-state index in [1.807, 2.05) is 17.0 Å². The molecule has 7 heteroatoms. The van der Waals surface area contributed by atoms with Crippen molar-refractivity contribution in [3.05, 3.63) is 47.9 Å². The lowest BCUT2D eigenvalue weighted by Gasteiger charge is -2.34. The highest BCUT2D eigenvalue weighted by Crippen LogP contribution is 2.39. The molecular weight excluding hydrogens is 396 g/mol. The zero-order chi connectivity index (χ0) is 21.2. The van der Waals surface area contributed by atoms with E-state index in [0.717, 1.165) is 42.9 Å². The zero-order valence-corrected chi connectivity index (χ0v) is 17.6. The molecule has 1 aromatic heterocycles. The van der Waals surface area contributed by atoms with E-state index in [9.17, 15) is 9.59 Å². The summed E-state index contributed by atoms with van der Waals surface area (Å²) in [6.45, 7) is 3.26. The van der Waals surface area contributed by atoms with E-state index < -0.39 is 0 Å². The lowest BCUT2D eigenvalue weighted by atomic mass is 9.94. The Morgan fingerprint density at radius 1 is 0.903 bits per heavy atom. The SMILES string of the molecule is O=C(c1ccco1)N1CCC(C(=O)N2CCC[C@@H]2c2ccc3c(c2)OCCCO3)CC1. The number of piperidine rings is 1. The van der Waals surface area contributed by atoms with Crippen LogP contribution in [0.3, 0.4) is 0 Å². The van der Waals surface area contributed by atoms with E-state index in [4.69, 9.17) is 13.9 Å². The second-order valence-electron chi connectivity index (χ2n) is 8.49. The number of fused-ring (bicyclic) bond motifs is 1. The maximum atomic E-state index is 13.4. The van der Waals surface area contributed by atoms with Gasteiger partial charge in [-0.1, -0.05) is 6.07 Å². The Bertz CT molecular complexity index is 933. The van der Waals surface area contributed by atoms with Gasteiger partial charge in [-0.05, 0) is 55.5 Å². The van der Waals surface area contributed by atoms with Crippen LogP contribution in [0.15, 0.2) is 41.0 Å². The molecule has 164 valence electrons. The summed E-state index contributed by atoms with van der Waals surface area (Å²) in [5.41, 5.74) is 1.11. The molecule has 3 aliphatic heterocycles. The molecule has 0 bridgehead atoms. The van der Waals surface area contributed by atoms with Crippen molar-refractivity contribution in [1.82, 2.24) is 9.80 Å². The molecule has 1 aromatic carbocycles. The summed E-state index contributed by atoms with van der Waals surface area (Å²) in [4.78, 5) is 29.7. The van der Waals surface area contributed by atoms with E-state index in [1.165, 1.54) is 6.26 Å². The van der Waals surface area contributed by atoms with Gasteiger partial charge in [0.2, 0.25) is 5.91 Å². The van der Waals surface area contributed by atoms with E-state index >= 15 is 0 Å². The Kier molecular flexibility index (Phi) is 5.57. The van der Waals surface area contributed by atoms with Gasteiger partial charge in [-0.2, -0.15) is 0 Å². The molecule has 0 aliphatic carbocycles. The Balaban J connectivity index is 1.24. The van der Waals surface area contributed by atoms with Crippen molar-refractivity contribution in [3.63, 3.8) is 0 Å². The number of ether oxygens (including phenoxy) is 2. The summed E-state index contributed by atoms with van der Waals surface area (Å²) in [6.07, 6.45) is 5.73. The number of furan rings is 1. The fourth-order valence-electron chi connectivity index (χ4n) is 4.88. The molecule has 7 nitrogen and oxygen atoms in total. The van der Waals surface area contributed by atoms with Crippen LogP contribution in [0.4, 0.5) is 0 Å². The first kappa shape index (κ1) is 20.0. The number of hydrogen-bond donors (Lipinski definition) is 0. The van der Waals surface area contributed by atoms with Crippen LogP contribution in [0.1, 0.15) is 54.3 Å². The fraction of sp³-hybridized carbons (Fsp3) is 0.500. The molecule has 2 saturated heterocycles. The van der Waals surface area contributed by atoms with Crippen molar-refractivity contribution < 1.29 is 23.5 Å². The Labute approximate surface area is 181 Å². The van der Waals surface area contributed by atoms with E-state index in [2.05, 4.69) is 6.07 Å². The highest BCUT2D eigenvalue weighted by molar-refractivity contribution is 5.91. The number of hydrogen-bond acceptors (Lipinski definition) is 5. The standard InChI is InChI=1S/C24H28N2O5/c27-23(17-8-11-25(12-9-17)24(28)21-5-2-13-30-21)26-10-1-4-19(26)18-6-7-20-22(16-18)31-15-3-14-29-20/h2,5-7,13,16-17,19H,1,3-4,8-12,14-15H2/t19-/m1/s1. The smallest absolute Gasteiger partial charge is 0.289 e. The molecule has 0 saturated carbocycles. The van der Waals surface area contributed by atoms with Gasteiger partial charge in [-0.15, -0.1) is 0 Å². The van der Waals surface area contributed by atoms with Gasteiger partial charge < -0.3 is 23.7 Å². The Morgan fingerprint density at radius 3 is 2.48 bits per heavy atom. The number of amides is 2. The third-order valence-electron chi connectivity index (χ3n) is 6.56. The number of nitrogens with zero attached hydrogens (tertiary/aromatic N) is 2. The van der Waals surface area contributed by atoms with Crippen LogP contribution in [0.25, 0.3) is 0 Å². The van der Waals surface area contributed by atoms with Gasteiger partial charge in [0.05, 0.1) is 25.5 Å². The summed E-state index contributed by atoms with van der Waals surface area (Å²) < 4.78 is 16.8. The molecule has 31 heavy (non-hydrogen) atoms. The van der Waals surface area contributed by atoms with Crippen molar-refractivity contribution in [2.24, 2.45) is 5.92 Å². The largest absolute Gasteiger partial charge is 0.490 e. The molecular formula is C24H28N2O5. The Hall–Kier alpha value is -2.96. The summed E-state index contributed by atoms with van der Waals surface area (Å²) >= 11 is 0. The fourth-order valence-corrected chi connectivity index (χ4v) is 4.88. The summed E-state index contributed by atoms with van der Waals surface area (Å²) in [6, 6.07) is 9.55. The lowest BCUT2D eigenvalue weighted by Crippen LogP contribution is -2.44. The first-order valence-corrected chi connectivity index (χ1v) is 11.2. The normalized spacial score (nSPS) is 21.7.